The number of nitrogens with zero attached hydrogens (tertiary/aromatic N) is 1. The molecule has 0 aliphatic carbocycles. The number of aliphatic carboxylic acids is 1. The van der Waals surface area contributed by atoms with E-state index in [0.717, 1.165) is 32.4 Å². The maximum atomic E-state index is 11.1. The van der Waals surface area contributed by atoms with Crippen LogP contribution in [-0.2, 0) is 11.3 Å². The van der Waals surface area contributed by atoms with Crippen LogP contribution in [0.1, 0.15) is 30.4 Å². The third-order valence-corrected chi connectivity index (χ3v) is 3.87. The summed E-state index contributed by atoms with van der Waals surface area (Å²) in [5, 5.41) is 9.10. The number of hydrogen-bond acceptors (Lipinski definition) is 3. The summed E-state index contributed by atoms with van der Waals surface area (Å²) >= 11 is 0. The Morgan fingerprint density at radius 1 is 1.42 bits per heavy atom. The fraction of sp³-hybridized carbons (Fsp3) is 0.533. The largest absolute Gasteiger partial charge is 0.480 e. The van der Waals surface area contributed by atoms with Crippen LogP contribution in [0.15, 0.2) is 24.3 Å². The minimum atomic E-state index is -0.902. The Hall–Kier alpha value is -1.39. The molecule has 0 radical (unpaired) electrons. The van der Waals surface area contributed by atoms with E-state index in [1.54, 1.807) is 0 Å². The molecule has 3 N–H and O–H groups in total. The van der Waals surface area contributed by atoms with E-state index in [9.17, 15) is 4.79 Å². The molecule has 0 bridgehead atoms. The van der Waals surface area contributed by atoms with Crippen LogP contribution in [0.4, 0.5) is 0 Å². The van der Waals surface area contributed by atoms with Crippen molar-refractivity contribution in [2.45, 2.75) is 44.8 Å². The van der Waals surface area contributed by atoms with Gasteiger partial charge in [-0.2, -0.15) is 0 Å². The lowest BCUT2D eigenvalue weighted by molar-refractivity contribution is -0.140. The van der Waals surface area contributed by atoms with E-state index < -0.39 is 12.0 Å². The highest BCUT2D eigenvalue weighted by molar-refractivity contribution is 5.74. The van der Waals surface area contributed by atoms with Crippen molar-refractivity contribution in [1.82, 2.24) is 4.90 Å². The van der Waals surface area contributed by atoms with Gasteiger partial charge in [-0.1, -0.05) is 36.2 Å². The summed E-state index contributed by atoms with van der Waals surface area (Å²) in [7, 11) is 0. The molecule has 19 heavy (non-hydrogen) atoms. The quantitative estimate of drug-likeness (QED) is 0.867. The molecule has 0 aromatic heterocycles. The number of aryl methyl sites for hydroxylation is 1. The number of carboxylic acid groups (broad SMARTS) is 1. The summed E-state index contributed by atoms with van der Waals surface area (Å²) in [5.41, 5.74) is 8.27. The maximum absolute atomic E-state index is 11.1. The first kappa shape index (κ1) is 14.0. The summed E-state index contributed by atoms with van der Waals surface area (Å²) in [6, 6.07) is 7.55. The van der Waals surface area contributed by atoms with Crippen LogP contribution in [0.25, 0.3) is 0 Å². The fourth-order valence-electron chi connectivity index (χ4n) is 2.71. The first-order chi connectivity index (χ1) is 9.08. The fourth-order valence-corrected chi connectivity index (χ4v) is 2.71. The van der Waals surface area contributed by atoms with Gasteiger partial charge in [-0.3, -0.25) is 9.69 Å². The molecule has 4 nitrogen and oxygen atoms in total. The van der Waals surface area contributed by atoms with Crippen LogP contribution < -0.4 is 5.73 Å². The third-order valence-electron chi connectivity index (χ3n) is 3.87. The van der Waals surface area contributed by atoms with Gasteiger partial charge in [0.1, 0.15) is 6.04 Å². The number of likely N-dealkylation sites (tertiary alicyclic amines) is 1. The molecule has 2 unspecified atom stereocenters. The van der Waals surface area contributed by atoms with Crippen LogP contribution >= 0.6 is 0 Å². The summed E-state index contributed by atoms with van der Waals surface area (Å²) in [4.78, 5) is 13.3. The Kier molecular flexibility index (Phi) is 4.56. The topological polar surface area (TPSA) is 66.6 Å². The number of carbonyl (C=O) groups is 1. The number of hydrogen-bond donors (Lipinski definition) is 2. The average molecular weight is 262 g/mol. The molecule has 0 amide bonds. The number of nitrogens with two attached hydrogens (primary N) is 1. The summed E-state index contributed by atoms with van der Waals surface area (Å²) in [6.45, 7) is 3.78. The molecular weight excluding hydrogens is 240 g/mol. The highest BCUT2D eigenvalue weighted by Crippen LogP contribution is 2.21. The zero-order chi connectivity index (χ0) is 13.8. The minimum absolute atomic E-state index is 0.0486. The predicted octanol–water partition coefficient (Wildman–Crippen LogP) is 1.76. The third kappa shape index (κ3) is 3.55. The van der Waals surface area contributed by atoms with Crippen molar-refractivity contribution >= 4 is 5.97 Å². The number of piperidine rings is 1. The first-order valence-corrected chi connectivity index (χ1v) is 6.86. The second-order valence-electron chi connectivity index (χ2n) is 5.38. The standard InChI is InChI=1S/C15H22N2O2/c1-11-5-7-12(8-6-11)10-17-9-3-2-4-13(17)14(16)15(18)19/h5-8,13-14H,2-4,9-10,16H2,1H3,(H,18,19). The van der Waals surface area contributed by atoms with Gasteiger partial charge in [0.25, 0.3) is 0 Å². The zero-order valence-electron chi connectivity index (χ0n) is 11.4. The average Bonchev–Trinajstić information content (AvgIpc) is 2.41. The van der Waals surface area contributed by atoms with Gasteiger partial charge in [0.15, 0.2) is 0 Å². The van der Waals surface area contributed by atoms with Gasteiger partial charge in [-0.15, -0.1) is 0 Å². The number of benzene rings is 1. The van der Waals surface area contributed by atoms with Gasteiger partial charge in [0, 0.05) is 12.6 Å². The molecule has 2 atom stereocenters. The van der Waals surface area contributed by atoms with E-state index in [0.29, 0.717) is 0 Å². The van der Waals surface area contributed by atoms with Crippen LogP contribution in [0, 0.1) is 6.92 Å². The Bertz CT molecular complexity index is 430. The Labute approximate surface area is 114 Å². The number of carboxylic acids is 1. The highest BCUT2D eigenvalue weighted by Gasteiger charge is 2.31. The van der Waals surface area contributed by atoms with Gasteiger partial charge < -0.3 is 10.8 Å². The summed E-state index contributed by atoms with van der Waals surface area (Å²) in [6.07, 6.45) is 3.06. The van der Waals surface area contributed by atoms with Crippen LogP contribution in [0.5, 0.6) is 0 Å². The molecule has 1 aromatic rings. The van der Waals surface area contributed by atoms with Crippen molar-refractivity contribution < 1.29 is 9.90 Å². The monoisotopic (exact) mass is 262 g/mol. The molecular formula is C15H22N2O2. The molecule has 1 saturated heterocycles. The van der Waals surface area contributed by atoms with E-state index in [1.165, 1.54) is 11.1 Å². The highest BCUT2D eigenvalue weighted by atomic mass is 16.4. The molecule has 1 aliphatic rings. The van der Waals surface area contributed by atoms with E-state index >= 15 is 0 Å². The molecule has 4 heteroatoms. The second kappa shape index (κ2) is 6.17. The first-order valence-electron chi connectivity index (χ1n) is 6.86. The molecule has 2 rings (SSSR count). The molecule has 1 heterocycles. The Morgan fingerprint density at radius 3 is 2.74 bits per heavy atom. The van der Waals surface area contributed by atoms with Crippen molar-refractivity contribution in [3.8, 4) is 0 Å². The normalized spacial score (nSPS) is 22.1. The summed E-state index contributed by atoms with van der Waals surface area (Å²) < 4.78 is 0. The van der Waals surface area contributed by atoms with Gasteiger partial charge in [0.2, 0.25) is 0 Å². The number of rotatable bonds is 4. The lowest BCUT2D eigenvalue weighted by Crippen LogP contribution is -2.53. The smallest absolute Gasteiger partial charge is 0.322 e. The molecule has 1 fully saturated rings. The van der Waals surface area contributed by atoms with E-state index in [1.807, 2.05) is 0 Å². The van der Waals surface area contributed by atoms with Crippen LogP contribution in [0.3, 0.4) is 0 Å². The molecule has 1 aromatic carbocycles. The lowest BCUT2D eigenvalue weighted by atomic mass is 9.95. The molecule has 0 spiro atoms. The predicted molar refractivity (Wildman–Crippen MR) is 74.8 cm³/mol. The summed E-state index contributed by atoms with van der Waals surface area (Å²) in [5.74, 6) is -0.902. The van der Waals surface area contributed by atoms with E-state index in [2.05, 4.69) is 36.1 Å². The SMILES string of the molecule is Cc1ccc(CN2CCCCC2C(N)C(=O)O)cc1. The van der Waals surface area contributed by atoms with Crippen molar-refractivity contribution in [3.63, 3.8) is 0 Å². The van der Waals surface area contributed by atoms with Crippen molar-refractivity contribution in [2.75, 3.05) is 6.54 Å². The molecule has 1 aliphatic heterocycles. The van der Waals surface area contributed by atoms with Gasteiger partial charge in [-0.05, 0) is 31.9 Å². The second-order valence-corrected chi connectivity index (χ2v) is 5.38. The Morgan fingerprint density at radius 2 is 2.11 bits per heavy atom. The van der Waals surface area contributed by atoms with Gasteiger partial charge >= 0.3 is 5.97 Å². The van der Waals surface area contributed by atoms with E-state index in [4.69, 9.17) is 10.8 Å². The van der Waals surface area contributed by atoms with Gasteiger partial charge in [-0.25, -0.2) is 0 Å². The minimum Gasteiger partial charge on any atom is -0.480 e. The van der Waals surface area contributed by atoms with Gasteiger partial charge in [0.05, 0.1) is 0 Å². The maximum Gasteiger partial charge on any atom is 0.322 e. The van der Waals surface area contributed by atoms with Crippen molar-refractivity contribution in [3.05, 3.63) is 35.4 Å². The van der Waals surface area contributed by atoms with Crippen LogP contribution in [-0.4, -0.2) is 34.6 Å². The zero-order valence-corrected chi connectivity index (χ0v) is 11.4. The molecule has 104 valence electrons. The van der Waals surface area contributed by atoms with Crippen molar-refractivity contribution in [1.29, 1.82) is 0 Å². The van der Waals surface area contributed by atoms with Crippen LogP contribution in [0.2, 0.25) is 0 Å². The van der Waals surface area contributed by atoms with Crippen molar-refractivity contribution in [2.24, 2.45) is 5.73 Å². The lowest BCUT2D eigenvalue weighted by Gasteiger charge is -2.37. The Balaban J connectivity index is 2.07. The molecule has 0 saturated carbocycles. The van der Waals surface area contributed by atoms with E-state index in [-0.39, 0.29) is 6.04 Å².